The minimum atomic E-state index is -0.902. The van der Waals surface area contributed by atoms with E-state index < -0.39 is 10.8 Å². The predicted octanol–water partition coefficient (Wildman–Crippen LogP) is 27.3. The van der Waals surface area contributed by atoms with Gasteiger partial charge in [-0.3, -0.25) is 0 Å². The maximum Gasteiger partial charge on any atom is 0.164 e. The van der Waals surface area contributed by atoms with Crippen LogP contribution in [0.1, 0.15) is 44.5 Å². The summed E-state index contributed by atoms with van der Waals surface area (Å²) >= 11 is 0. The van der Waals surface area contributed by atoms with Crippen molar-refractivity contribution in [2.75, 3.05) is 0 Å². The summed E-state index contributed by atoms with van der Waals surface area (Å²) in [5.41, 5.74) is 27.3. The van der Waals surface area contributed by atoms with Crippen LogP contribution in [-0.4, -0.2) is 54.8 Å². The van der Waals surface area contributed by atoms with Crippen molar-refractivity contribution in [2.24, 2.45) is 0 Å². The average Bonchev–Trinajstić information content (AvgIpc) is 1.51. The zero-order chi connectivity index (χ0) is 85.8. The van der Waals surface area contributed by atoms with E-state index in [0.29, 0.717) is 64.0 Å². The Labute approximate surface area is 749 Å². The Balaban J connectivity index is 0.564. The minimum absolute atomic E-state index is 0.525. The first kappa shape index (κ1) is 75.0. The third-order valence-corrected chi connectivity index (χ3v) is 25.6. The number of rotatable bonds is 14. The van der Waals surface area contributed by atoms with Gasteiger partial charge in [0.2, 0.25) is 0 Å². The second-order valence-electron chi connectivity index (χ2n) is 33.0. The Hall–Kier alpha value is -17.6. The number of hydrogen-bond donors (Lipinski definition) is 0. The number of hydrogen-bond acceptors (Lipinski definition) is 13. The fourth-order valence-electron chi connectivity index (χ4n) is 19.7. The van der Waals surface area contributed by atoms with Gasteiger partial charge >= 0.3 is 0 Å². The van der Waals surface area contributed by atoms with Crippen LogP contribution in [-0.2, 0) is 10.8 Å². The van der Waals surface area contributed by atoms with Crippen LogP contribution >= 0.6 is 0 Å². The van der Waals surface area contributed by atoms with Crippen molar-refractivity contribution in [1.29, 1.82) is 0 Å². The van der Waals surface area contributed by atoms with E-state index in [0.717, 1.165) is 184 Å². The lowest BCUT2D eigenvalue weighted by molar-refractivity contribution is 0.436. The fourth-order valence-corrected chi connectivity index (χ4v) is 19.7. The molecule has 13 heteroatoms. The van der Waals surface area contributed by atoms with E-state index in [2.05, 4.69) is 267 Å². The van der Waals surface area contributed by atoms with Gasteiger partial charge in [0, 0.05) is 94.6 Å². The molecule has 25 rings (SSSR count). The van der Waals surface area contributed by atoms with E-state index in [1.165, 1.54) is 0 Å². The first-order valence-electron chi connectivity index (χ1n) is 43.5. The molecule has 0 N–H and O–H groups in total. The van der Waals surface area contributed by atoms with Gasteiger partial charge in [-0.25, -0.2) is 54.8 Å². The van der Waals surface area contributed by atoms with Crippen LogP contribution in [0.15, 0.2) is 431 Å². The van der Waals surface area contributed by atoms with Gasteiger partial charge in [0.15, 0.2) is 58.2 Å². The Kier molecular flexibility index (Phi) is 17.7. The minimum Gasteiger partial charge on any atom is -0.457 e. The van der Waals surface area contributed by atoms with Crippen LogP contribution in [0.2, 0.25) is 0 Å². The monoisotopic (exact) mass is 1660 g/mol. The molecule has 4 aliphatic rings. The van der Waals surface area contributed by atoms with Gasteiger partial charge in [0.1, 0.15) is 23.0 Å². The fraction of sp³-hybridized carbons (Fsp3) is 0.0171. The average molecular weight is 1660 g/mol. The maximum atomic E-state index is 7.47. The Morgan fingerprint density at radius 1 is 0.146 bits per heavy atom. The molecule has 2 aliphatic carbocycles. The summed E-state index contributed by atoms with van der Waals surface area (Å²) < 4.78 is 14.6. The molecule has 2 unspecified atom stereocenters. The van der Waals surface area contributed by atoms with Gasteiger partial charge in [0.25, 0.3) is 0 Å². The standard InChI is InChI=1S/C117H71N11O2/c1-8-30-74(31-9-1)86-46-28-52-98-105(86)130-103-70-85(114-125-109(79-38-16-5-17-39-79)121-110(126-114)80-40-18-6-19-41-80)64-67-96(103)117(98)92-49-25-23-45-88(92)104-89(47-29-51-97(104)117)115-127-111(81-42-20-7-21-43-81)122-112(128-115)82-60-56-73(57-61-82)72-54-58-75(59-55-72)99-71-100(119-106(118-99)76-32-10-2-11-33-76)83-62-66-95-102(69-83)129-101-53-27-26-50-94(101)116(95)91-48-24-22-44-87(91)90-68-84(63-65-93(90)116)113-123-107(77-34-12-3-13-35-77)120-108(124-113)78-36-14-4-15-37-78/h1-71H. The molecule has 21 aromatic rings. The van der Waals surface area contributed by atoms with Crippen molar-refractivity contribution in [3.8, 4) is 204 Å². The maximum absolute atomic E-state index is 7.47. The molecular formula is C117H71N11O2. The predicted molar refractivity (Wildman–Crippen MR) is 513 cm³/mol. The number of nitrogens with zero attached hydrogens (tertiary/aromatic N) is 11. The molecule has 13 nitrogen and oxygen atoms in total. The van der Waals surface area contributed by atoms with E-state index in [9.17, 15) is 0 Å². The highest BCUT2D eigenvalue weighted by molar-refractivity contribution is 5.98. The zero-order valence-corrected chi connectivity index (χ0v) is 69.7. The number of para-hydroxylation sites is 2. The normalized spacial score (nSPS) is 14.3. The molecule has 0 saturated heterocycles. The number of fused-ring (bicyclic) bond motifs is 18. The van der Waals surface area contributed by atoms with E-state index in [-0.39, 0.29) is 0 Å². The molecule has 17 aromatic carbocycles. The SMILES string of the molecule is c1ccc(-c2nc(-c3ccc(-c4ccc(-c5nc(-c6ccccc6)nc(-c6cccc7c6-c6ccccc6C76c7ccc(-c8nc(-c9ccccc9)nc(-c9ccccc9)n8)cc7Oc7c(-c8ccccc8)cccc76)n5)cc4)cc3)cc(-c3ccc4c(c3)Oc3ccccc3C43c4ccccc4-c4cc(-c5nc(-c6ccccc6)nc(-c6ccccc6)n5)ccc43)n2)cc1. The summed E-state index contributed by atoms with van der Waals surface area (Å²) in [4.78, 5) is 57.9. The summed E-state index contributed by atoms with van der Waals surface area (Å²) in [6.45, 7) is 0. The number of benzene rings is 17. The van der Waals surface area contributed by atoms with Crippen molar-refractivity contribution in [3.63, 3.8) is 0 Å². The number of aromatic nitrogens is 11. The Morgan fingerprint density at radius 2 is 0.446 bits per heavy atom. The topological polar surface area (TPSA) is 160 Å². The Bertz CT molecular complexity index is 7960. The van der Waals surface area contributed by atoms with Crippen molar-refractivity contribution in [2.45, 2.75) is 10.8 Å². The molecule has 4 aromatic heterocycles. The molecule has 2 spiro atoms. The molecule has 0 amide bonds. The summed E-state index contributed by atoms with van der Waals surface area (Å²) in [6.07, 6.45) is 0. The van der Waals surface area contributed by atoms with Gasteiger partial charge in [-0.1, -0.05) is 400 Å². The van der Waals surface area contributed by atoms with E-state index in [1.54, 1.807) is 0 Å². The summed E-state index contributed by atoms with van der Waals surface area (Å²) in [5, 5.41) is 0. The van der Waals surface area contributed by atoms with Gasteiger partial charge in [-0.2, -0.15) is 0 Å². The Morgan fingerprint density at radius 3 is 0.954 bits per heavy atom. The van der Waals surface area contributed by atoms with Gasteiger partial charge in [-0.05, 0) is 91.5 Å². The highest BCUT2D eigenvalue weighted by Crippen LogP contribution is 2.66. The molecule has 6 heterocycles. The highest BCUT2D eigenvalue weighted by Gasteiger charge is 2.54. The molecular weight excluding hydrogens is 1590 g/mol. The molecule has 0 fully saturated rings. The van der Waals surface area contributed by atoms with E-state index in [1.807, 2.05) is 164 Å². The molecule has 130 heavy (non-hydrogen) atoms. The van der Waals surface area contributed by atoms with Crippen LogP contribution < -0.4 is 9.47 Å². The second-order valence-corrected chi connectivity index (χ2v) is 33.0. The summed E-state index contributed by atoms with van der Waals surface area (Å²) in [5.74, 6) is 8.68. The van der Waals surface area contributed by atoms with Crippen LogP contribution in [0.4, 0.5) is 0 Å². The second kappa shape index (κ2) is 30.7. The van der Waals surface area contributed by atoms with Crippen LogP contribution in [0.25, 0.3) is 181 Å². The smallest absolute Gasteiger partial charge is 0.164 e. The lowest BCUT2D eigenvalue weighted by atomic mass is 9.65. The van der Waals surface area contributed by atoms with Crippen molar-refractivity contribution < 1.29 is 9.47 Å². The van der Waals surface area contributed by atoms with E-state index >= 15 is 0 Å². The first-order chi connectivity index (χ1) is 64.4. The van der Waals surface area contributed by atoms with Crippen LogP contribution in [0.3, 0.4) is 0 Å². The van der Waals surface area contributed by atoms with Crippen molar-refractivity contribution in [1.82, 2.24) is 54.8 Å². The van der Waals surface area contributed by atoms with Crippen molar-refractivity contribution in [3.05, 3.63) is 475 Å². The first-order valence-corrected chi connectivity index (χ1v) is 43.5. The highest BCUT2D eigenvalue weighted by atomic mass is 16.5. The van der Waals surface area contributed by atoms with Gasteiger partial charge in [0.05, 0.1) is 22.2 Å². The van der Waals surface area contributed by atoms with Gasteiger partial charge in [-0.15, -0.1) is 0 Å². The summed E-state index contributed by atoms with van der Waals surface area (Å²) in [7, 11) is 0. The largest absolute Gasteiger partial charge is 0.457 e. The van der Waals surface area contributed by atoms with Crippen LogP contribution in [0, 0.1) is 0 Å². The molecule has 0 bridgehead atoms. The van der Waals surface area contributed by atoms with Crippen LogP contribution in [0.5, 0.6) is 23.0 Å². The third-order valence-electron chi connectivity index (χ3n) is 25.6. The van der Waals surface area contributed by atoms with E-state index in [4.69, 9.17) is 64.3 Å². The quantitative estimate of drug-likeness (QED) is 0.101. The molecule has 606 valence electrons. The van der Waals surface area contributed by atoms with Crippen molar-refractivity contribution >= 4 is 0 Å². The molecule has 0 radical (unpaired) electrons. The molecule has 2 aliphatic heterocycles. The zero-order valence-electron chi connectivity index (χ0n) is 69.7. The van der Waals surface area contributed by atoms with Gasteiger partial charge < -0.3 is 9.47 Å². The lowest BCUT2D eigenvalue weighted by Gasteiger charge is -2.40. The molecule has 0 saturated carbocycles. The molecule has 2 atom stereocenters. The summed E-state index contributed by atoms with van der Waals surface area (Å²) in [6, 6.07) is 149. The lowest BCUT2D eigenvalue weighted by Crippen LogP contribution is -2.32. The third kappa shape index (κ3) is 12.4. The number of ether oxygens (including phenoxy) is 2.